The van der Waals surface area contributed by atoms with Gasteiger partial charge in [-0.2, -0.15) is 0 Å². The molecular weight excluding hydrogens is 300 g/mol. The minimum Gasteiger partial charge on any atom is -0.490 e. The van der Waals surface area contributed by atoms with Crippen LogP contribution in [0, 0.1) is 15.5 Å². The number of benzene rings is 1. The van der Waals surface area contributed by atoms with E-state index in [-0.39, 0.29) is 23.8 Å². The molecule has 21 heavy (non-hydrogen) atoms. The lowest BCUT2D eigenvalue weighted by atomic mass is 9.81. The first-order chi connectivity index (χ1) is 9.25. The standard InChI is InChI=1S/C13H18N2O5.ClH/c1-13(2,12(16)20-4)11(14)8-5-6-10(19-3)9(7-8)15(17)18;/h5-7,11H,14H2,1-4H3;1H/t11-;/m0./s1. The molecule has 0 aromatic heterocycles. The molecule has 0 spiro atoms. The molecule has 0 saturated carbocycles. The summed E-state index contributed by atoms with van der Waals surface area (Å²) in [5, 5.41) is 11.0. The predicted octanol–water partition coefficient (Wildman–Crippen LogP) is 2.22. The van der Waals surface area contributed by atoms with Crippen LogP contribution >= 0.6 is 12.4 Å². The fourth-order valence-corrected chi connectivity index (χ4v) is 1.85. The summed E-state index contributed by atoms with van der Waals surface area (Å²) in [4.78, 5) is 22.2. The molecule has 0 aliphatic carbocycles. The van der Waals surface area contributed by atoms with Crippen molar-refractivity contribution in [3.8, 4) is 5.75 Å². The van der Waals surface area contributed by atoms with E-state index in [1.807, 2.05) is 0 Å². The van der Waals surface area contributed by atoms with Crippen molar-refractivity contribution in [2.24, 2.45) is 11.1 Å². The summed E-state index contributed by atoms with van der Waals surface area (Å²) in [5.41, 5.74) is 5.32. The minimum absolute atomic E-state index is 0. The van der Waals surface area contributed by atoms with Gasteiger partial charge in [0.25, 0.3) is 0 Å². The van der Waals surface area contributed by atoms with Crippen LogP contribution in [0.5, 0.6) is 5.75 Å². The third-order valence-corrected chi connectivity index (χ3v) is 3.25. The van der Waals surface area contributed by atoms with Crippen molar-refractivity contribution in [1.82, 2.24) is 0 Å². The molecule has 0 unspecified atom stereocenters. The van der Waals surface area contributed by atoms with Gasteiger partial charge >= 0.3 is 11.7 Å². The molecule has 0 aliphatic rings. The van der Waals surface area contributed by atoms with Crippen LogP contribution in [0.4, 0.5) is 5.69 Å². The molecule has 8 heteroatoms. The van der Waals surface area contributed by atoms with E-state index >= 15 is 0 Å². The fourth-order valence-electron chi connectivity index (χ4n) is 1.85. The predicted molar refractivity (Wildman–Crippen MR) is 79.6 cm³/mol. The lowest BCUT2D eigenvalue weighted by Crippen LogP contribution is -2.37. The van der Waals surface area contributed by atoms with Crippen LogP contribution in [0.15, 0.2) is 18.2 Å². The van der Waals surface area contributed by atoms with Gasteiger partial charge in [0.05, 0.1) is 24.6 Å². The summed E-state index contributed by atoms with van der Waals surface area (Å²) >= 11 is 0. The lowest BCUT2D eigenvalue weighted by molar-refractivity contribution is -0.385. The molecule has 0 fully saturated rings. The Labute approximate surface area is 129 Å². The normalized spacial score (nSPS) is 12.0. The van der Waals surface area contributed by atoms with Crippen LogP contribution in [0.2, 0.25) is 0 Å². The highest BCUT2D eigenvalue weighted by Gasteiger charge is 2.37. The van der Waals surface area contributed by atoms with E-state index in [4.69, 9.17) is 15.2 Å². The van der Waals surface area contributed by atoms with Crippen molar-refractivity contribution >= 4 is 24.1 Å². The Morgan fingerprint density at radius 1 is 1.38 bits per heavy atom. The molecule has 2 N–H and O–H groups in total. The first-order valence-corrected chi connectivity index (χ1v) is 5.92. The molecule has 1 atom stereocenters. The average Bonchev–Trinajstić information content (AvgIpc) is 2.44. The molecule has 7 nitrogen and oxygen atoms in total. The monoisotopic (exact) mass is 318 g/mol. The second-order valence-corrected chi connectivity index (χ2v) is 4.88. The SMILES string of the molecule is COC(=O)C(C)(C)[C@@H](N)c1ccc(OC)c([N+](=O)[O-])c1.Cl. The first kappa shape index (κ1) is 19.1. The van der Waals surface area contributed by atoms with Crippen molar-refractivity contribution < 1.29 is 19.2 Å². The van der Waals surface area contributed by atoms with E-state index in [1.165, 1.54) is 26.4 Å². The number of esters is 1. The van der Waals surface area contributed by atoms with Crippen molar-refractivity contribution in [3.63, 3.8) is 0 Å². The Balaban J connectivity index is 0.00000400. The van der Waals surface area contributed by atoms with Gasteiger partial charge in [0.1, 0.15) is 0 Å². The zero-order valence-corrected chi connectivity index (χ0v) is 13.1. The summed E-state index contributed by atoms with van der Waals surface area (Å²) in [5.74, 6) is -0.342. The average molecular weight is 319 g/mol. The van der Waals surface area contributed by atoms with E-state index in [0.29, 0.717) is 5.56 Å². The number of carbonyl (C=O) groups is 1. The van der Waals surface area contributed by atoms with E-state index in [1.54, 1.807) is 19.9 Å². The molecule has 118 valence electrons. The minimum atomic E-state index is -1.00. The van der Waals surface area contributed by atoms with Gasteiger partial charge in [-0.25, -0.2) is 0 Å². The number of methoxy groups -OCH3 is 2. The molecule has 1 rings (SSSR count). The van der Waals surface area contributed by atoms with Gasteiger partial charge in [-0.3, -0.25) is 14.9 Å². The number of carbonyl (C=O) groups excluding carboxylic acids is 1. The van der Waals surface area contributed by atoms with E-state index < -0.39 is 22.3 Å². The molecule has 0 aliphatic heterocycles. The number of nitrogens with zero attached hydrogens (tertiary/aromatic N) is 1. The van der Waals surface area contributed by atoms with Crippen molar-refractivity contribution in [3.05, 3.63) is 33.9 Å². The Morgan fingerprint density at radius 3 is 2.38 bits per heavy atom. The van der Waals surface area contributed by atoms with Gasteiger partial charge < -0.3 is 15.2 Å². The summed E-state index contributed by atoms with van der Waals surface area (Å²) in [6.07, 6.45) is 0. The molecule has 0 saturated heterocycles. The summed E-state index contributed by atoms with van der Waals surface area (Å²) < 4.78 is 9.62. The van der Waals surface area contributed by atoms with Gasteiger partial charge in [-0.05, 0) is 25.5 Å². The zero-order chi connectivity index (χ0) is 15.5. The number of hydrogen-bond donors (Lipinski definition) is 1. The Hall–Kier alpha value is -1.86. The van der Waals surface area contributed by atoms with Gasteiger partial charge in [0, 0.05) is 12.1 Å². The van der Waals surface area contributed by atoms with Gasteiger partial charge in [0.15, 0.2) is 5.75 Å². The Morgan fingerprint density at radius 2 is 1.95 bits per heavy atom. The van der Waals surface area contributed by atoms with Gasteiger partial charge in [0.2, 0.25) is 0 Å². The number of nitro groups is 1. The highest BCUT2D eigenvalue weighted by atomic mass is 35.5. The molecular formula is C13H19ClN2O5. The zero-order valence-electron chi connectivity index (χ0n) is 12.3. The van der Waals surface area contributed by atoms with Crippen LogP contribution in [-0.4, -0.2) is 25.1 Å². The third-order valence-electron chi connectivity index (χ3n) is 3.25. The summed E-state index contributed by atoms with van der Waals surface area (Å²) in [7, 11) is 2.62. The van der Waals surface area contributed by atoms with Crippen LogP contribution < -0.4 is 10.5 Å². The van der Waals surface area contributed by atoms with Gasteiger partial charge in [-0.1, -0.05) is 6.07 Å². The van der Waals surface area contributed by atoms with E-state index in [9.17, 15) is 14.9 Å². The molecule has 0 heterocycles. The summed E-state index contributed by atoms with van der Waals surface area (Å²) in [6.45, 7) is 3.25. The topological polar surface area (TPSA) is 105 Å². The maximum atomic E-state index is 11.7. The number of halogens is 1. The highest BCUT2D eigenvalue weighted by molar-refractivity contribution is 5.85. The molecule has 0 bridgehead atoms. The smallest absolute Gasteiger partial charge is 0.313 e. The maximum absolute atomic E-state index is 11.7. The van der Waals surface area contributed by atoms with Crippen LogP contribution in [0.1, 0.15) is 25.5 Å². The number of nitrogens with two attached hydrogens (primary N) is 1. The van der Waals surface area contributed by atoms with Crippen molar-refractivity contribution in [2.45, 2.75) is 19.9 Å². The largest absolute Gasteiger partial charge is 0.490 e. The van der Waals surface area contributed by atoms with Crippen molar-refractivity contribution in [2.75, 3.05) is 14.2 Å². The highest BCUT2D eigenvalue weighted by Crippen LogP contribution is 2.36. The number of hydrogen-bond acceptors (Lipinski definition) is 6. The molecule has 0 radical (unpaired) electrons. The van der Waals surface area contributed by atoms with Crippen LogP contribution in [0.3, 0.4) is 0 Å². The lowest BCUT2D eigenvalue weighted by Gasteiger charge is -2.28. The second-order valence-electron chi connectivity index (χ2n) is 4.88. The van der Waals surface area contributed by atoms with Crippen LogP contribution in [-0.2, 0) is 9.53 Å². The van der Waals surface area contributed by atoms with Gasteiger partial charge in [-0.15, -0.1) is 12.4 Å². The van der Waals surface area contributed by atoms with Crippen molar-refractivity contribution in [1.29, 1.82) is 0 Å². The molecule has 1 aromatic rings. The Kier molecular flexibility index (Phi) is 6.59. The molecule has 1 aromatic carbocycles. The first-order valence-electron chi connectivity index (χ1n) is 5.92. The summed E-state index contributed by atoms with van der Waals surface area (Å²) in [6, 6.07) is 3.63. The van der Waals surface area contributed by atoms with E-state index in [2.05, 4.69) is 0 Å². The number of nitro benzene ring substituents is 1. The Bertz CT molecular complexity index is 533. The number of ether oxygens (including phenoxy) is 2. The maximum Gasteiger partial charge on any atom is 0.313 e. The fraction of sp³-hybridized carbons (Fsp3) is 0.462. The quantitative estimate of drug-likeness (QED) is 0.507. The second kappa shape index (κ2) is 7.24. The molecule has 0 amide bonds. The third kappa shape index (κ3) is 3.83. The van der Waals surface area contributed by atoms with E-state index in [0.717, 1.165) is 0 Å². The number of rotatable bonds is 5. The van der Waals surface area contributed by atoms with Crippen LogP contribution in [0.25, 0.3) is 0 Å².